The second-order valence-corrected chi connectivity index (χ2v) is 6.53. The molecule has 1 atom stereocenters. The van der Waals surface area contributed by atoms with Crippen molar-refractivity contribution < 1.29 is 23.4 Å². The molecule has 22 heavy (non-hydrogen) atoms. The third-order valence-corrected chi connectivity index (χ3v) is 3.60. The van der Waals surface area contributed by atoms with Crippen LogP contribution >= 0.6 is 0 Å². The number of carbonyl (C=O) groups excluding carboxylic acids is 1. The third-order valence-electron chi connectivity index (χ3n) is 3.60. The zero-order valence-electron chi connectivity index (χ0n) is 12.7. The van der Waals surface area contributed by atoms with Crippen molar-refractivity contribution in [2.75, 3.05) is 11.9 Å². The Morgan fingerprint density at radius 1 is 1.45 bits per heavy atom. The Balaban J connectivity index is 2.23. The lowest BCUT2D eigenvalue weighted by molar-refractivity contribution is 0.0636. The molecule has 0 bridgehead atoms. The molecular weight excluding hydrogens is 294 g/mol. The number of phenols is 1. The largest absolute Gasteiger partial charge is 0.508 e. The first kappa shape index (κ1) is 16.5. The van der Waals surface area contributed by atoms with E-state index in [4.69, 9.17) is 10.5 Å². The van der Waals surface area contributed by atoms with Gasteiger partial charge in [-0.2, -0.15) is 0 Å². The van der Waals surface area contributed by atoms with Crippen molar-refractivity contribution >= 4 is 11.8 Å². The van der Waals surface area contributed by atoms with Gasteiger partial charge in [-0.05, 0) is 39.0 Å². The summed E-state index contributed by atoms with van der Waals surface area (Å²) in [4.78, 5) is 11.7. The Morgan fingerprint density at radius 3 is 2.50 bits per heavy atom. The lowest BCUT2D eigenvalue weighted by Gasteiger charge is -2.21. The van der Waals surface area contributed by atoms with Gasteiger partial charge in [-0.1, -0.05) is 0 Å². The van der Waals surface area contributed by atoms with Crippen LogP contribution in [0.3, 0.4) is 0 Å². The number of hydrogen-bond donors (Lipinski definition) is 3. The third kappa shape index (κ3) is 2.99. The lowest BCUT2D eigenvalue weighted by atomic mass is 9.94. The molecule has 0 spiro atoms. The van der Waals surface area contributed by atoms with E-state index in [1.807, 2.05) is 0 Å². The van der Waals surface area contributed by atoms with Crippen molar-refractivity contribution in [3.8, 4) is 5.75 Å². The topological polar surface area (TPSA) is 84.6 Å². The van der Waals surface area contributed by atoms with E-state index < -0.39 is 29.5 Å². The number of aromatic hydroxyl groups is 1. The first-order chi connectivity index (χ1) is 10.0. The summed E-state index contributed by atoms with van der Waals surface area (Å²) < 4.78 is 32.4. The van der Waals surface area contributed by atoms with E-state index in [1.165, 1.54) is 18.2 Å². The first-order valence-corrected chi connectivity index (χ1v) is 6.92. The summed E-state index contributed by atoms with van der Waals surface area (Å²) >= 11 is 0. The minimum Gasteiger partial charge on any atom is -0.508 e. The highest BCUT2D eigenvalue weighted by Crippen LogP contribution is 2.62. The summed E-state index contributed by atoms with van der Waals surface area (Å²) in [6, 6.07) is 3.98. The SMILES string of the molecule is CC(C)(C)OC(=O)Nc1ccc(O)c(C2(CN)CC2(F)F)c1. The highest BCUT2D eigenvalue weighted by molar-refractivity contribution is 5.85. The van der Waals surface area contributed by atoms with Crippen LogP contribution in [-0.4, -0.2) is 29.3 Å². The summed E-state index contributed by atoms with van der Waals surface area (Å²) in [5.41, 5.74) is 3.53. The Morgan fingerprint density at radius 2 is 2.05 bits per heavy atom. The molecule has 1 amide bonds. The summed E-state index contributed by atoms with van der Waals surface area (Å²) in [6.45, 7) is 4.85. The highest BCUT2D eigenvalue weighted by atomic mass is 19.3. The van der Waals surface area contributed by atoms with Crippen LogP contribution in [0.4, 0.5) is 19.3 Å². The van der Waals surface area contributed by atoms with Crippen LogP contribution in [0.1, 0.15) is 32.8 Å². The van der Waals surface area contributed by atoms with Crippen LogP contribution in [0.15, 0.2) is 18.2 Å². The van der Waals surface area contributed by atoms with E-state index in [2.05, 4.69) is 5.32 Å². The van der Waals surface area contributed by atoms with Gasteiger partial charge in [0.15, 0.2) is 0 Å². The van der Waals surface area contributed by atoms with Crippen LogP contribution in [-0.2, 0) is 10.2 Å². The second-order valence-electron chi connectivity index (χ2n) is 6.53. The molecule has 122 valence electrons. The Bertz CT molecular complexity index is 599. The van der Waals surface area contributed by atoms with Crippen molar-refractivity contribution in [1.82, 2.24) is 0 Å². The van der Waals surface area contributed by atoms with E-state index in [9.17, 15) is 18.7 Å². The molecule has 1 fully saturated rings. The van der Waals surface area contributed by atoms with E-state index in [0.29, 0.717) is 0 Å². The summed E-state index contributed by atoms with van der Waals surface area (Å²) in [6.07, 6.45) is -1.12. The molecule has 7 heteroatoms. The van der Waals surface area contributed by atoms with Gasteiger partial charge in [0.1, 0.15) is 11.4 Å². The van der Waals surface area contributed by atoms with E-state index >= 15 is 0 Å². The summed E-state index contributed by atoms with van der Waals surface area (Å²) in [5.74, 6) is -3.22. The molecule has 1 aromatic carbocycles. The minimum atomic E-state index is -2.95. The van der Waals surface area contributed by atoms with Crippen LogP contribution in [0.5, 0.6) is 5.75 Å². The molecule has 1 saturated carbocycles. The number of hydrogen-bond acceptors (Lipinski definition) is 4. The quantitative estimate of drug-likeness (QED) is 0.749. The number of amides is 1. The van der Waals surface area contributed by atoms with Gasteiger partial charge >= 0.3 is 6.09 Å². The second kappa shape index (κ2) is 5.08. The molecule has 2 rings (SSSR count). The fraction of sp³-hybridized carbons (Fsp3) is 0.533. The zero-order chi connectivity index (χ0) is 16.8. The molecule has 1 aliphatic carbocycles. The van der Waals surface area contributed by atoms with Gasteiger partial charge in [-0.3, -0.25) is 5.32 Å². The minimum absolute atomic E-state index is 0.0357. The molecular formula is C15H20F2N2O3. The standard InChI is InChI=1S/C15H20F2N2O3/c1-13(2,3)22-12(21)19-9-4-5-11(20)10(6-9)14(8-18)7-15(14,16)17/h4-6,20H,7-8,18H2,1-3H3,(H,19,21). The molecule has 1 aliphatic rings. The molecule has 0 aromatic heterocycles. The summed E-state index contributed by atoms with van der Waals surface area (Å²) in [5, 5.41) is 12.3. The fourth-order valence-corrected chi connectivity index (χ4v) is 2.38. The normalized spacial score (nSPS) is 23.0. The molecule has 5 nitrogen and oxygen atoms in total. The monoisotopic (exact) mass is 314 g/mol. The van der Waals surface area contributed by atoms with Crippen molar-refractivity contribution in [1.29, 1.82) is 0 Å². The maximum absolute atomic E-state index is 13.6. The van der Waals surface area contributed by atoms with Gasteiger partial charge in [-0.25, -0.2) is 13.6 Å². The van der Waals surface area contributed by atoms with Gasteiger partial charge in [-0.15, -0.1) is 0 Å². The molecule has 4 N–H and O–H groups in total. The number of halogens is 2. The van der Waals surface area contributed by atoms with Crippen LogP contribution in [0.25, 0.3) is 0 Å². The zero-order valence-corrected chi connectivity index (χ0v) is 12.7. The van der Waals surface area contributed by atoms with E-state index in [-0.39, 0.29) is 23.5 Å². The number of anilines is 1. The predicted molar refractivity (Wildman–Crippen MR) is 78.3 cm³/mol. The van der Waals surface area contributed by atoms with Gasteiger partial charge in [0.05, 0.1) is 5.41 Å². The van der Waals surface area contributed by atoms with E-state index in [0.717, 1.165) is 0 Å². The maximum atomic E-state index is 13.6. The summed E-state index contributed by atoms with van der Waals surface area (Å²) in [7, 11) is 0. The average molecular weight is 314 g/mol. The number of nitrogens with one attached hydrogen (secondary N) is 1. The fourth-order valence-electron chi connectivity index (χ4n) is 2.38. The maximum Gasteiger partial charge on any atom is 0.412 e. The molecule has 0 radical (unpaired) electrons. The number of benzene rings is 1. The molecule has 0 saturated heterocycles. The molecule has 0 heterocycles. The Labute approximate surface area is 127 Å². The van der Waals surface area contributed by atoms with Crippen molar-refractivity contribution in [3.63, 3.8) is 0 Å². The number of ether oxygens (including phenoxy) is 1. The average Bonchev–Trinajstić information content (AvgIpc) is 2.92. The lowest BCUT2D eigenvalue weighted by Crippen LogP contribution is -2.28. The highest BCUT2D eigenvalue weighted by Gasteiger charge is 2.71. The number of phenolic OH excluding ortho intramolecular Hbond substituents is 1. The number of rotatable bonds is 3. The Hall–Kier alpha value is -1.89. The molecule has 1 unspecified atom stereocenters. The predicted octanol–water partition coefficient (Wildman–Crippen LogP) is 2.97. The van der Waals surface area contributed by atoms with Crippen LogP contribution < -0.4 is 11.1 Å². The smallest absolute Gasteiger partial charge is 0.412 e. The van der Waals surface area contributed by atoms with Crippen molar-refractivity contribution in [3.05, 3.63) is 23.8 Å². The number of carbonyl (C=O) groups is 1. The van der Waals surface area contributed by atoms with Gasteiger partial charge in [0.2, 0.25) is 0 Å². The first-order valence-electron chi connectivity index (χ1n) is 6.92. The Kier molecular flexibility index (Phi) is 3.81. The number of nitrogens with two attached hydrogens (primary N) is 1. The van der Waals surface area contributed by atoms with Crippen LogP contribution in [0.2, 0.25) is 0 Å². The van der Waals surface area contributed by atoms with Crippen molar-refractivity contribution in [2.45, 2.75) is 44.1 Å². The van der Waals surface area contributed by atoms with E-state index in [1.54, 1.807) is 20.8 Å². The van der Waals surface area contributed by atoms with Gasteiger partial charge < -0.3 is 15.6 Å². The molecule has 0 aliphatic heterocycles. The van der Waals surface area contributed by atoms with Crippen LogP contribution in [0, 0.1) is 0 Å². The van der Waals surface area contributed by atoms with Gasteiger partial charge in [0, 0.05) is 24.2 Å². The molecule has 1 aromatic rings. The van der Waals surface area contributed by atoms with Crippen molar-refractivity contribution in [2.24, 2.45) is 5.73 Å². The number of alkyl halides is 2. The van der Waals surface area contributed by atoms with Gasteiger partial charge in [0.25, 0.3) is 5.92 Å².